The van der Waals surface area contributed by atoms with Gasteiger partial charge >= 0.3 is 7.57 Å². The third-order valence-corrected chi connectivity index (χ3v) is 8.57. The van der Waals surface area contributed by atoms with Crippen LogP contribution in [-0.4, -0.2) is 33.1 Å². The average molecular weight is 163 g/mol. The number of hydrogen-bond donors (Lipinski definition) is 0. The molecule has 0 aromatic heterocycles. The van der Waals surface area contributed by atoms with E-state index >= 15 is 0 Å². The molecule has 0 heterocycles. The normalized spacial score (nSPS) is 20.4. The average Bonchev–Trinajstić information content (AvgIpc) is 1.67. The van der Waals surface area contributed by atoms with E-state index in [1.54, 1.807) is 0 Å². The van der Waals surface area contributed by atoms with Crippen LogP contribution in [-0.2, 0) is 0 Å². The van der Waals surface area contributed by atoms with E-state index in [-0.39, 0.29) is 0 Å². The maximum atomic E-state index is 5.89. The number of rotatable bonds is 2. The lowest BCUT2D eigenvalue weighted by Crippen LogP contribution is -1.78. The summed E-state index contributed by atoms with van der Waals surface area (Å²) in [7, 11) is 8.14. The summed E-state index contributed by atoms with van der Waals surface area (Å²) in [6.45, 7) is 5.43. The van der Waals surface area contributed by atoms with Crippen LogP contribution in [0.15, 0.2) is 0 Å². The Hall–Kier alpha value is 1.09. The maximum Gasteiger partial charge on any atom is 0.373 e. The molecular formula is C4H11BP3+. The van der Waals surface area contributed by atoms with E-state index in [0.29, 0.717) is 0 Å². The van der Waals surface area contributed by atoms with Gasteiger partial charge in [0.05, 0.1) is 5.54 Å². The fourth-order valence-corrected chi connectivity index (χ4v) is 4.76. The second-order valence-electron chi connectivity index (χ2n) is 1.74. The molecular weight excluding hydrogens is 152 g/mol. The van der Waals surface area contributed by atoms with Crippen LogP contribution in [0, 0.1) is 0 Å². The molecule has 0 N–H and O–H groups in total. The molecule has 0 bridgehead atoms. The Morgan fingerprint density at radius 2 is 2.25 bits per heavy atom. The van der Waals surface area contributed by atoms with E-state index in [1.807, 2.05) is 0 Å². The summed E-state index contributed by atoms with van der Waals surface area (Å²) in [5, 5.41) is 0. The summed E-state index contributed by atoms with van der Waals surface area (Å²) in [4.78, 5) is 0. The predicted molar refractivity (Wildman–Crippen MR) is 51.7 cm³/mol. The second-order valence-corrected chi connectivity index (χ2v) is 10.2. The van der Waals surface area contributed by atoms with Crippen molar-refractivity contribution >= 4 is 36.4 Å². The van der Waals surface area contributed by atoms with E-state index in [4.69, 9.17) is 7.57 Å². The van der Waals surface area contributed by atoms with Crippen molar-refractivity contribution in [1.29, 1.82) is 0 Å². The van der Waals surface area contributed by atoms with Gasteiger partial charge in [0.2, 0.25) is 0 Å². The van der Waals surface area contributed by atoms with Crippen LogP contribution >= 0.6 is 23.3 Å². The van der Waals surface area contributed by atoms with Crippen LogP contribution in [0.3, 0.4) is 0 Å². The van der Waals surface area contributed by atoms with Gasteiger partial charge in [0.1, 0.15) is 0 Å². The summed E-state index contributed by atoms with van der Waals surface area (Å²) in [5.41, 5.74) is 2.24. The van der Waals surface area contributed by atoms with Crippen molar-refractivity contribution in [2.75, 3.05) is 20.0 Å². The zero-order valence-corrected chi connectivity index (χ0v) is 8.34. The van der Waals surface area contributed by atoms with Gasteiger partial charge in [-0.25, -0.2) is 0 Å². The molecule has 0 saturated carbocycles. The molecule has 0 amide bonds. The lowest BCUT2D eigenvalue weighted by Gasteiger charge is -2.06. The molecule has 0 fully saturated rings. The molecule has 0 aromatic rings. The minimum atomic E-state index is -1.03. The summed E-state index contributed by atoms with van der Waals surface area (Å²) >= 11 is 0. The van der Waals surface area contributed by atoms with Gasteiger partial charge in [-0.1, -0.05) is 8.20 Å². The maximum absolute atomic E-state index is 5.89. The molecule has 0 aliphatic heterocycles. The van der Waals surface area contributed by atoms with Crippen LogP contribution in [0.2, 0.25) is 0 Å². The van der Waals surface area contributed by atoms with Crippen molar-refractivity contribution in [3.63, 3.8) is 0 Å². The van der Waals surface area contributed by atoms with Gasteiger partial charge in [-0.05, 0) is 13.3 Å². The minimum absolute atomic E-state index is 0.918. The highest BCUT2D eigenvalue weighted by molar-refractivity contribution is 8.50. The summed E-state index contributed by atoms with van der Waals surface area (Å²) < 4.78 is 0. The Bertz CT molecular complexity index is 89.3. The Morgan fingerprint density at radius 3 is 2.38 bits per heavy atom. The van der Waals surface area contributed by atoms with Crippen LogP contribution in [0.5, 0.6) is 0 Å². The van der Waals surface area contributed by atoms with E-state index < -0.39 is 6.83 Å². The standard InChI is InChI=1S/C4H11BP3/c1-6-4-8(3,5)7-2/h4,7H,1-3H3/q+1. The molecule has 44 valence electrons. The summed E-state index contributed by atoms with van der Waals surface area (Å²) in [6, 6.07) is 0. The van der Waals surface area contributed by atoms with Gasteiger partial charge in [0.25, 0.3) is 0 Å². The smallest absolute Gasteiger partial charge is 0.0700 e. The molecule has 0 spiro atoms. The molecule has 0 rings (SSSR count). The molecule has 0 aromatic carbocycles. The first kappa shape index (κ1) is 9.09. The SMILES string of the molecule is [B][P+](C)(C=PC)PC. The molecule has 2 atom stereocenters. The monoisotopic (exact) mass is 163 g/mol. The molecule has 4 heteroatoms. The summed E-state index contributed by atoms with van der Waals surface area (Å²) in [6.07, 6.45) is 0. The van der Waals surface area contributed by atoms with E-state index in [2.05, 4.69) is 25.5 Å². The van der Waals surface area contributed by atoms with Gasteiger partial charge in [0.15, 0.2) is 0 Å². The Kier molecular flexibility index (Phi) is 4.55. The van der Waals surface area contributed by atoms with Crippen molar-refractivity contribution in [3.8, 4) is 0 Å². The molecule has 0 saturated heterocycles. The van der Waals surface area contributed by atoms with Crippen LogP contribution in [0.4, 0.5) is 0 Å². The van der Waals surface area contributed by atoms with Gasteiger partial charge < -0.3 is 0 Å². The molecule has 0 nitrogen and oxygen atoms in total. The molecule has 0 aliphatic rings. The van der Waals surface area contributed by atoms with Crippen molar-refractivity contribution < 1.29 is 0 Å². The van der Waals surface area contributed by atoms with Crippen LogP contribution < -0.4 is 0 Å². The molecule has 2 unspecified atom stereocenters. The summed E-state index contributed by atoms with van der Waals surface area (Å²) in [5.74, 6) is 0. The third kappa shape index (κ3) is 4.02. The third-order valence-electron chi connectivity index (χ3n) is 0.837. The highest BCUT2D eigenvalue weighted by Gasteiger charge is 2.17. The fraction of sp³-hybridized carbons (Fsp3) is 0.750. The fourth-order valence-electron chi connectivity index (χ4n) is 0.298. The molecule has 2 radical (unpaired) electrons. The van der Waals surface area contributed by atoms with Gasteiger partial charge in [-0.3, -0.25) is 0 Å². The highest BCUT2D eigenvalue weighted by atomic mass is 32.1. The van der Waals surface area contributed by atoms with Crippen LogP contribution in [0.25, 0.3) is 0 Å². The van der Waals surface area contributed by atoms with Crippen molar-refractivity contribution in [2.45, 2.75) is 0 Å². The molecule has 0 aliphatic carbocycles. The topological polar surface area (TPSA) is 0 Å². The molecule has 8 heavy (non-hydrogen) atoms. The predicted octanol–water partition coefficient (Wildman–Crippen LogP) is 2.28. The largest absolute Gasteiger partial charge is 0.373 e. The Morgan fingerprint density at radius 1 is 1.75 bits per heavy atom. The zero-order valence-electron chi connectivity index (χ0n) is 5.55. The van der Waals surface area contributed by atoms with Gasteiger partial charge in [-0.2, -0.15) is 0 Å². The van der Waals surface area contributed by atoms with E-state index in [1.165, 1.54) is 8.20 Å². The van der Waals surface area contributed by atoms with E-state index in [9.17, 15) is 0 Å². The van der Waals surface area contributed by atoms with Crippen LogP contribution in [0.1, 0.15) is 0 Å². The van der Waals surface area contributed by atoms with E-state index in [0.717, 1.165) is 8.27 Å². The quantitative estimate of drug-likeness (QED) is 0.432. The van der Waals surface area contributed by atoms with Gasteiger partial charge in [-0.15, -0.1) is 0 Å². The minimum Gasteiger partial charge on any atom is -0.0700 e. The Labute approximate surface area is 57.0 Å². The number of hydrogen-bond acceptors (Lipinski definition) is 0. The van der Waals surface area contributed by atoms with Crippen molar-refractivity contribution in [3.05, 3.63) is 0 Å². The van der Waals surface area contributed by atoms with Gasteiger partial charge in [0, 0.05) is 21.8 Å². The van der Waals surface area contributed by atoms with Crippen molar-refractivity contribution in [2.24, 2.45) is 0 Å². The lowest BCUT2D eigenvalue weighted by molar-refractivity contribution is 2.43. The second kappa shape index (κ2) is 4.00. The lowest BCUT2D eigenvalue weighted by atomic mass is 10.8. The first-order chi connectivity index (χ1) is 3.62. The highest BCUT2D eigenvalue weighted by Crippen LogP contribution is 2.64. The van der Waals surface area contributed by atoms with Crippen molar-refractivity contribution in [1.82, 2.24) is 0 Å². The Balaban J connectivity index is 3.71. The first-order valence-corrected chi connectivity index (χ1v) is 8.52. The first-order valence-electron chi connectivity index (χ1n) is 2.39. The zero-order chi connectivity index (χ0) is 6.62.